The highest BCUT2D eigenvalue weighted by Crippen LogP contribution is 2.46. The molecule has 0 bridgehead atoms. The minimum Gasteiger partial charge on any atom is -0.497 e. The lowest BCUT2D eigenvalue weighted by Gasteiger charge is -2.46. The molecule has 1 atom stereocenters. The third-order valence-corrected chi connectivity index (χ3v) is 4.90. The molecule has 20 heavy (non-hydrogen) atoms. The van der Waals surface area contributed by atoms with Crippen molar-refractivity contribution < 1.29 is 9.47 Å². The van der Waals surface area contributed by atoms with Crippen LogP contribution in [0.4, 0.5) is 0 Å². The molecule has 112 valence electrons. The maximum absolute atomic E-state index is 6.53. The fraction of sp³-hybridized carbons (Fsp3) is 0.647. The highest BCUT2D eigenvalue weighted by atomic mass is 16.5. The highest BCUT2D eigenvalue weighted by Gasteiger charge is 2.43. The molecule has 0 saturated heterocycles. The predicted molar refractivity (Wildman–Crippen MR) is 81.9 cm³/mol. The Hall–Kier alpha value is -1.06. The average molecular weight is 277 g/mol. The Balaban J connectivity index is 2.18. The summed E-state index contributed by atoms with van der Waals surface area (Å²) in [7, 11) is 3.47. The van der Waals surface area contributed by atoms with Crippen molar-refractivity contribution in [3.05, 3.63) is 29.8 Å². The Labute approximate surface area is 122 Å². The van der Waals surface area contributed by atoms with Crippen molar-refractivity contribution in [1.82, 2.24) is 0 Å². The van der Waals surface area contributed by atoms with Gasteiger partial charge in [0, 0.05) is 7.11 Å². The Bertz CT molecular complexity index is 429. The third-order valence-electron chi connectivity index (χ3n) is 4.90. The van der Waals surface area contributed by atoms with Gasteiger partial charge in [-0.05, 0) is 48.8 Å². The normalized spacial score (nSPS) is 22.2. The topological polar surface area (TPSA) is 44.5 Å². The van der Waals surface area contributed by atoms with Crippen molar-refractivity contribution in [3.63, 3.8) is 0 Å². The minimum absolute atomic E-state index is 0.0884. The van der Waals surface area contributed by atoms with E-state index in [2.05, 4.69) is 13.8 Å². The van der Waals surface area contributed by atoms with Crippen molar-refractivity contribution in [1.29, 1.82) is 0 Å². The summed E-state index contributed by atoms with van der Waals surface area (Å²) in [6, 6.07) is 7.93. The van der Waals surface area contributed by atoms with Crippen molar-refractivity contribution in [2.45, 2.75) is 51.2 Å². The van der Waals surface area contributed by atoms with E-state index in [0.717, 1.165) is 37.0 Å². The quantitative estimate of drug-likeness (QED) is 0.913. The first-order chi connectivity index (χ1) is 9.42. The van der Waals surface area contributed by atoms with Crippen LogP contribution in [-0.4, -0.2) is 19.8 Å². The van der Waals surface area contributed by atoms with Crippen LogP contribution in [0.3, 0.4) is 0 Å². The van der Waals surface area contributed by atoms with Gasteiger partial charge in [-0.1, -0.05) is 26.0 Å². The fourth-order valence-electron chi connectivity index (χ4n) is 3.11. The van der Waals surface area contributed by atoms with E-state index >= 15 is 0 Å². The van der Waals surface area contributed by atoms with E-state index in [4.69, 9.17) is 15.2 Å². The zero-order valence-corrected chi connectivity index (χ0v) is 13.1. The summed E-state index contributed by atoms with van der Waals surface area (Å²) >= 11 is 0. The maximum Gasteiger partial charge on any atom is 0.118 e. The molecule has 0 amide bonds. The van der Waals surface area contributed by atoms with Gasteiger partial charge >= 0.3 is 0 Å². The molecule has 0 radical (unpaired) electrons. The Kier molecular flexibility index (Phi) is 4.40. The van der Waals surface area contributed by atoms with Crippen LogP contribution in [0.25, 0.3) is 0 Å². The molecule has 0 heterocycles. The van der Waals surface area contributed by atoms with E-state index in [-0.39, 0.29) is 11.6 Å². The van der Waals surface area contributed by atoms with Gasteiger partial charge in [0.25, 0.3) is 0 Å². The van der Waals surface area contributed by atoms with Crippen molar-refractivity contribution in [2.24, 2.45) is 11.1 Å². The van der Waals surface area contributed by atoms with Crippen LogP contribution in [0.15, 0.2) is 24.3 Å². The van der Waals surface area contributed by atoms with Gasteiger partial charge in [0.2, 0.25) is 0 Å². The summed E-state index contributed by atoms with van der Waals surface area (Å²) in [5, 5.41) is 0. The van der Waals surface area contributed by atoms with Gasteiger partial charge in [-0.3, -0.25) is 0 Å². The summed E-state index contributed by atoms with van der Waals surface area (Å²) in [5.74, 6) is 0.859. The van der Waals surface area contributed by atoms with Crippen LogP contribution < -0.4 is 10.5 Å². The molecule has 1 aromatic rings. The van der Waals surface area contributed by atoms with E-state index in [9.17, 15) is 0 Å². The zero-order chi connectivity index (χ0) is 14.8. The first-order valence-corrected chi connectivity index (χ1v) is 7.37. The van der Waals surface area contributed by atoms with Crippen LogP contribution in [0, 0.1) is 5.41 Å². The average Bonchev–Trinajstić information content (AvgIpc) is 2.47. The van der Waals surface area contributed by atoms with E-state index in [1.54, 1.807) is 14.2 Å². The largest absolute Gasteiger partial charge is 0.497 e. The molecule has 2 N–H and O–H groups in total. The van der Waals surface area contributed by atoms with Crippen molar-refractivity contribution in [2.75, 3.05) is 14.2 Å². The van der Waals surface area contributed by atoms with Gasteiger partial charge < -0.3 is 15.2 Å². The Morgan fingerprint density at radius 2 is 1.55 bits per heavy atom. The van der Waals surface area contributed by atoms with Gasteiger partial charge in [0.1, 0.15) is 5.75 Å². The summed E-state index contributed by atoms with van der Waals surface area (Å²) in [5.41, 5.74) is 7.82. The summed E-state index contributed by atoms with van der Waals surface area (Å²) in [6.07, 6.45) is 4.35. The monoisotopic (exact) mass is 277 g/mol. The summed E-state index contributed by atoms with van der Waals surface area (Å²) < 4.78 is 11.1. The molecular formula is C17H27NO2. The van der Waals surface area contributed by atoms with E-state index in [1.165, 1.54) is 0 Å². The van der Waals surface area contributed by atoms with E-state index in [1.807, 2.05) is 24.3 Å². The van der Waals surface area contributed by atoms with Crippen LogP contribution >= 0.6 is 0 Å². The minimum atomic E-state index is -0.232. The Morgan fingerprint density at radius 1 is 1.00 bits per heavy atom. The smallest absolute Gasteiger partial charge is 0.118 e. The van der Waals surface area contributed by atoms with E-state index < -0.39 is 0 Å². The number of hydrogen-bond donors (Lipinski definition) is 1. The van der Waals surface area contributed by atoms with Gasteiger partial charge in [0.15, 0.2) is 0 Å². The second-order valence-electron chi connectivity index (χ2n) is 6.68. The zero-order valence-electron chi connectivity index (χ0n) is 13.1. The lowest BCUT2D eigenvalue weighted by Crippen LogP contribution is -2.47. The molecule has 1 aliphatic carbocycles. The molecule has 1 aliphatic rings. The molecule has 1 saturated carbocycles. The van der Waals surface area contributed by atoms with Crippen molar-refractivity contribution >= 4 is 0 Å². The molecule has 2 rings (SSSR count). The van der Waals surface area contributed by atoms with Crippen molar-refractivity contribution in [3.8, 4) is 5.75 Å². The second kappa shape index (κ2) is 5.74. The number of ether oxygens (including phenoxy) is 2. The number of methoxy groups -OCH3 is 2. The number of benzene rings is 1. The summed E-state index contributed by atoms with van der Waals surface area (Å²) in [4.78, 5) is 0. The lowest BCUT2D eigenvalue weighted by molar-refractivity contribution is -0.0794. The fourth-order valence-corrected chi connectivity index (χ4v) is 3.11. The molecule has 0 aromatic heterocycles. The van der Waals surface area contributed by atoms with Crippen LogP contribution in [0.2, 0.25) is 0 Å². The van der Waals surface area contributed by atoms with Crippen LogP contribution in [0.1, 0.15) is 51.1 Å². The first-order valence-electron chi connectivity index (χ1n) is 7.37. The SMILES string of the molecule is COc1ccc(C(N)C2(OC)CCC(C)(C)CC2)cc1. The van der Waals surface area contributed by atoms with Gasteiger partial charge in [-0.2, -0.15) is 0 Å². The maximum atomic E-state index is 6.53. The van der Waals surface area contributed by atoms with Gasteiger partial charge in [-0.25, -0.2) is 0 Å². The molecule has 0 aliphatic heterocycles. The van der Waals surface area contributed by atoms with Gasteiger partial charge in [0.05, 0.1) is 18.8 Å². The molecule has 1 unspecified atom stereocenters. The standard InChI is InChI=1S/C17H27NO2/c1-16(2)9-11-17(20-4,12-10-16)15(18)13-5-7-14(19-3)8-6-13/h5-8,15H,9-12,18H2,1-4H3. The summed E-state index contributed by atoms with van der Waals surface area (Å²) in [6.45, 7) is 4.65. The van der Waals surface area contributed by atoms with Crippen LogP contribution in [-0.2, 0) is 4.74 Å². The lowest BCUT2D eigenvalue weighted by atomic mass is 9.67. The van der Waals surface area contributed by atoms with E-state index in [0.29, 0.717) is 5.41 Å². The number of hydrogen-bond acceptors (Lipinski definition) is 3. The number of rotatable bonds is 4. The molecular weight excluding hydrogens is 250 g/mol. The Morgan fingerprint density at radius 3 is 2.00 bits per heavy atom. The molecule has 3 nitrogen and oxygen atoms in total. The van der Waals surface area contributed by atoms with Gasteiger partial charge in [-0.15, -0.1) is 0 Å². The predicted octanol–water partition coefficient (Wildman–Crippen LogP) is 3.68. The highest BCUT2D eigenvalue weighted by molar-refractivity contribution is 5.30. The first kappa shape index (κ1) is 15.3. The molecule has 1 fully saturated rings. The molecule has 0 spiro atoms. The molecule has 3 heteroatoms. The third kappa shape index (κ3) is 2.99. The second-order valence-corrected chi connectivity index (χ2v) is 6.68. The molecule has 1 aromatic carbocycles. The van der Waals surface area contributed by atoms with Crippen LogP contribution in [0.5, 0.6) is 5.75 Å². The number of nitrogens with two attached hydrogens (primary N) is 1.